The molecule has 0 atom stereocenters. The molecular weight excluding hydrogens is 230 g/mol. The zero-order valence-electron chi connectivity index (χ0n) is 10.3. The van der Waals surface area contributed by atoms with E-state index in [1.807, 2.05) is 24.3 Å². The summed E-state index contributed by atoms with van der Waals surface area (Å²) in [5, 5.41) is 0. The maximum atomic E-state index is 5.51. The molecule has 0 spiro atoms. The number of hydrogen-bond donors (Lipinski definition) is 2. The van der Waals surface area contributed by atoms with E-state index in [4.69, 9.17) is 15.2 Å². The van der Waals surface area contributed by atoms with E-state index in [9.17, 15) is 0 Å². The van der Waals surface area contributed by atoms with Crippen LogP contribution in [0.15, 0.2) is 30.5 Å². The second kappa shape index (κ2) is 6.18. The van der Waals surface area contributed by atoms with Crippen LogP contribution in [-0.4, -0.2) is 30.3 Å². The fourth-order valence-electron chi connectivity index (χ4n) is 1.59. The Morgan fingerprint density at radius 3 is 2.61 bits per heavy atom. The first-order chi connectivity index (χ1) is 8.83. The van der Waals surface area contributed by atoms with Crippen molar-refractivity contribution in [3.8, 4) is 17.0 Å². The van der Waals surface area contributed by atoms with Crippen molar-refractivity contribution >= 4 is 0 Å². The zero-order valence-corrected chi connectivity index (χ0v) is 10.3. The van der Waals surface area contributed by atoms with Crippen molar-refractivity contribution in [3.63, 3.8) is 0 Å². The lowest BCUT2D eigenvalue weighted by molar-refractivity contribution is 0.146. The second-order valence-corrected chi connectivity index (χ2v) is 3.81. The van der Waals surface area contributed by atoms with Crippen molar-refractivity contribution in [3.05, 3.63) is 36.3 Å². The molecule has 96 valence electrons. The Labute approximate surface area is 106 Å². The van der Waals surface area contributed by atoms with Crippen LogP contribution in [0.25, 0.3) is 11.3 Å². The summed E-state index contributed by atoms with van der Waals surface area (Å²) in [4.78, 5) is 7.32. The molecule has 0 amide bonds. The highest BCUT2D eigenvalue weighted by atomic mass is 16.5. The lowest BCUT2D eigenvalue weighted by Crippen LogP contribution is -2.03. The third-order valence-corrected chi connectivity index (χ3v) is 2.54. The molecule has 0 aliphatic carbocycles. The number of rotatable bonds is 6. The third kappa shape index (κ3) is 3.09. The minimum atomic E-state index is 0.415. The molecule has 0 aliphatic rings. The summed E-state index contributed by atoms with van der Waals surface area (Å²) >= 11 is 0. The van der Waals surface area contributed by atoms with Crippen LogP contribution in [0.1, 0.15) is 5.82 Å². The standard InChI is InChI=1S/C13H17N3O2/c1-17-6-7-18-11-4-2-10(3-5-11)12-9-15-13(8-14)16-12/h2-5,9H,6-8,14H2,1H3,(H,15,16). The molecule has 3 N–H and O–H groups in total. The molecule has 5 heteroatoms. The van der Waals surface area contributed by atoms with Gasteiger partial charge in [0.1, 0.15) is 18.2 Å². The number of aromatic amines is 1. The van der Waals surface area contributed by atoms with Crippen LogP contribution in [-0.2, 0) is 11.3 Å². The molecule has 2 aromatic rings. The van der Waals surface area contributed by atoms with E-state index in [0.717, 1.165) is 22.8 Å². The van der Waals surface area contributed by atoms with Crippen LogP contribution < -0.4 is 10.5 Å². The van der Waals surface area contributed by atoms with E-state index in [0.29, 0.717) is 19.8 Å². The van der Waals surface area contributed by atoms with Gasteiger partial charge < -0.3 is 20.2 Å². The highest BCUT2D eigenvalue weighted by molar-refractivity contribution is 5.59. The summed E-state index contributed by atoms with van der Waals surface area (Å²) in [5.41, 5.74) is 7.52. The molecule has 0 fully saturated rings. The van der Waals surface area contributed by atoms with E-state index in [-0.39, 0.29) is 0 Å². The number of hydrogen-bond acceptors (Lipinski definition) is 4. The minimum absolute atomic E-state index is 0.415. The van der Waals surface area contributed by atoms with Crippen LogP contribution in [0.5, 0.6) is 5.75 Å². The first kappa shape index (κ1) is 12.6. The van der Waals surface area contributed by atoms with Crippen molar-refractivity contribution in [2.75, 3.05) is 20.3 Å². The second-order valence-electron chi connectivity index (χ2n) is 3.81. The van der Waals surface area contributed by atoms with E-state index >= 15 is 0 Å². The number of aromatic nitrogens is 2. The molecule has 5 nitrogen and oxygen atoms in total. The Morgan fingerprint density at radius 2 is 2.00 bits per heavy atom. The van der Waals surface area contributed by atoms with Gasteiger partial charge in [0.15, 0.2) is 0 Å². The maximum Gasteiger partial charge on any atom is 0.120 e. The number of H-pyrrole nitrogens is 1. The predicted octanol–water partition coefficient (Wildman–Crippen LogP) is 1.56. The molecular formula is C13H17N3O2. The molecule has 1 heterocycles. The number of benzene rings is 1. The summed E-state index contributed by atoms with van der Waals surface area (Å²) in [6.07, 6.45) is 1.78. The monoisotopic (exact) mass is 247 g/mol. The van der Waals surface area contributed by atoms with Gasteiger partial charge in [-0.2, -0.15) is 0 Å². The van der Waals surface area contributed by atoms with Crippen LogP contribution in [0.3, 0.4) is 0 Å². The Hall–Kier alpha value is -1.85. The molecule has 18 heavy (non-hydrogen) atoms. The molecule has 0 saturated carbocycles. The molecule has 0 bridgehead atoms. The number of nitrogens with zero attached hydrogens (tertiary/aromatic N) is 1. The van der Waals surface area contributed by atoms with Crippen LogP contribution in [0.4, 0.5) is 0 Å². The lowest BCUT2D eigenvalue weighted by Gasteiger charge is -2.05. The molecule has 1 aromatic carbocycles. The Kier molecular flexibility index (Phi) is 4.33. The number of nitrogens with one attached hydrogen (secondary N) is 1. The highest BCUT2D eigenvalue weighted by Crippen LogP contribution is 2.20. The van der Waals surface area contributed by atoms with E-state index in [1.165, 1.54) is 0 Å². The number of methoxy groups -OCH3 is 1. The van der Waals surface area contributed by atoms with Crippen molar-refractivity contribution in [1.82, 2.24) is 9.97 Å². The first-order valence-electron chi connectivity index (χ1n) is 5.79. The topological polar surface area (TPSA) is 73.2 Å². The van der Waals surface area contributed by atoms with E-state index in [1.54, 1.807) is 13.3 Å². The Balaban J connectivity index is 2.02. The smallest absolute Gasteiger partial charge is 0.120 e. The number of imidazole rings is 1. The summed E-state index contributed by atoms with van der Waals surface area (Å²) in [6, 6.07) is 7.81. The van der Waals surface area contributed by atoms with Gasteiger partial charge in [0, 0.05) is 7.11 Å². The average molecular weight is 247 g/mol. The van der Waals surface area contributed by atoms with Crippen molar-refractivity contribution in [2.24, 2.45) is 5.73 Å². The normalized spacial score (nSPS) is 10.6. The predicted molar refractivity (Wildman–Crippen MR) is 69.3 cm³/mol. The maximum absolute atomic E-state index is 5.51. The zero-order chi connectivity index (χ0) is 12.8. The summed E-state index contributed by atoms with van der Waals surface area (Å²) in [6.45, 7) is 1.55. The van der Waals surface area contributed by atoms with Crippen molar-refractivity contribution in [1.29, 1.82) is 0 Å². The molecule has 0 radical (unpaired) electrons. The fourth-order valence-corrected chi connectivity index (χ4v) is 1.59. The molecule has 0 saturated heterocycles. The van der Waals surface area contributed by atoms with Gasteiger partial charge in [0.05, 0.1) is 25.0 Å². The van der Waals surface area contributed by atoms with Crippen LogP contribution >= 0.6 is 0 Å². The molecule has 2 rings (SSSR count). The first-order valence-corrected chi connectivity index (χ1v) is 5.79. The SMILES string of the molecule is COCCOc1ccc(-c2cnc(CN)[nH]2)cc1. The van der Waals surface area contributed by atoms with Gasteiger partial charge in [0.2, 0.25) is 0 Å². The van der Waals surface area contributed by atoms with Crippen LogP contribution in [0.2, 0.25) is 0 Å². The van der Waals surface area contributed by atoms with Gasteiger partial charge in [-0.25, -0.2) is 4.98 Å². The quantitative estimate of drug-likeness (QED) is 0.760. The van der Waals surface area contributed by atoms with Crippen molar-refractivity contribution < 1.29 is 9.47 Å². The van der Waals surface area contributed by atoms with Gasteiger partial charge in [0.25, 0.3) is 0 Å². The summed E-state index contributed by atoms with van der Waals surface area (Å²) < 4.78 is 10.4. The third-order valence-electron chi connectivity index (χ3n) is 2.54. The van der Waals surface area contributed by atoms with E-state index < -0.39 is 0 Å². The van der Waals surface area contributed by atoms with Gasteiger partial charge in [-0.1, -0.05) is 0 Å². The largest absolute Gasteiger partial charge is 0.491 e. The van der Waals surface area contributed by atoms with Gasteiger partial charge in [-0.3, -0.25) is 0 Å². The van der Waals surface area contributed by atoms with Gasteiger partial charge in [-0.05, 0) is 29.8 Å². The minimum Gasteiger partial charge on any atom is -0.491 e. The molecule has 1 aromatic heterocycles. The summed E-state index contributed by atoms with van der Waals surface area (Å²) in [7, 11) is 1.65. The summed E-state index contributed by atoms with van der Waals surface area (Å²) in [5.74, 6) is 1.61. The van der Waals surface area contributed by atoms with Gasteiger partial charge in [-0.15, -0.1) is 0 Å². The highest BCUT2D eigenvalue weighted by Gasteiger charge is 2.02. The Bertz CT molecular complexity index is 479. The van der Waals surface area contributed by atoms with Crippen LogP contribution in [0, 0.1) is 0 Å². The van der Waals surface area contributed by atoms with Gasteiger partial charge >= 0.3 is 0 Å². The lowest BCUT2D eigenvalue weighted by atomic mass is 10.2. The van der Waals surface area contributed by atoms with E-state index in [2.05, 4.69) is 9.97 Å². The molecule has 0 aliphatic heterocycles. The fraction of sp³-hybridized carbons (Fsp3) is 0.308. The van der Waals surface area contributed by atoms with Crippen molar-refractivity contribution in [2.45, 2.75) is 6.54 Å². The number of ether oxygens (including phenoxy) is 2. The molecule has 0 unspecified atom stereocenters. The average Bonchev–Trinajstić information content (AvgIpc) is 2.89. The Morgan fingerprint density at radius 1 is 1.22 bits per heavy atom. The number of nitrogens with two attached hydrogens (primary N) is 1.